The second-order valence-electron chi connectivity index (χ2n) is 4.96. The highest BCUT2D eigenvalue weighted by Gasteiger charge is 2.04. The minimum atomic E-state index is 0.768. The molecule has 0 bridgehead atoms. The Morgan fingerprint density at radius 3 is 2.95 bits per heavy atom. The number of aromatic nitrogens is 3. The van der Waals surface area contributed by atoms with Crippen molar-refractivity contribution in [3.05, 3.63) is 72.1 Å². The number of pyridine rings is 1. The summed E-state index contributed by atoms with van der Waals surface area (Å²) < 4.78 is 3.21. The molecule has 0 aliphatic rings. The molecular formula is C17H14N4S. The topological polar surface area (TPSA) is 42.7 Å². The van der Waals surface area contributed by atoms with Crippen molar-refractivity contribution in [3.8, 4) is 5.82 Å². The number of nitrogens with zero attached hydrogens (tertiary/aromatic N) is 3. The van der Waals surface area contributed by atoms with Crippen molar-refractivity contribution < 1.29 is 0 Å². The Balaban J connectivity index is 1.56. The van der Waals surface area contributed by atoms with E-state index in [1.54, 1.807) is 23.9 Å². The molecule has 3 heterocycles. The van der Waals surface area contributed by atoms with Crippen LogP contribution in [0, 0.1) is 0 Å². The van der Waals surface area contributed by atoms with Crippen molar-refractivity contribution in [2.24, 2.45) is 0 Å². The molecule has 0 atom stereocenters. The van der Waals surface area contributed by atoms with E-state index in [9.17, 15) is 0 Å². The van der Waals surface area contributed by atoms with Crippen molar-refractivity contribution in [1.82, 2.24) is 14.5 Å². The average Bonchev–Trinajstić information content (AvgIpc) is 3.23. The maximum absolute atomic E-state index is 4.61. The zero-order valence-electron chi connectivity index (χ0n) is 11.8. The molecule has 0 fully saturated rings. The molecule has 0 saturated carbocycles. The molecule has 5 heteroatoms. The van der Waals surface area contributed by atoms with Crippen LogP contribution in [-0.4, -0.2) is 14.5 Å². The predicted octanol–water partition coefficient (Wildman–Crippen LogP) is 4.09. The highest BCUT2D eigenvalue weighted by molar-refractivity contribution is 7.17. The van der Waals surface area contributed by atoms with Gasteiger partial charge < -0.3 is 5.32 Å². The molecular weight excluding hydrogens is 292 g/mol. The van der Waals surface area contributed by atoms with Crippen LogP contribution in [0.25, 0.3) is 15.9 Å². The summed E-state index contributed by atoms with van der Waals surface area (Å²) in [4.78, 5) is 8.66. The minimum absolute atomic E-state index is 0.768. The first-order chi connectivity index (χ1) is 10.9. The lowest BCUT2D eigenvalue weighted by Crippen LogP contribution is -2.03. The van der Waals surface area contributed by atoms with E-state index in [0.717, 1.165) is 18.2 Å². The fourth-order valence-corrected chi connectivity index (χ4v) is 3.38. The number of hydrogen-bond donors (Lipinski definition) is 1. The van der Waals surface area contributed by atoms with Crippen LogP contribution in [0.15, 0.2) is 66.6 Å². The van der Waals surface area contributed by atoms with Crippen molar-refractivity contribution in [1.29, 1.82) is 0 Å². The molecule has 0 amide bonds. The molecule has 0 radical (unpaired) electrons. The number of thiophene rings is 1. The first kappa shape index (κ1) is 13.0. The van der Waals surface area contributed by atoms with Gasteiger partial charge in [0, 0.05) is 23.6 Å². The molecule has 22 heavy (non-hydrogen) atoms. The van der Waals surface area contributed by atoms with E-state index < -0.39 is 0 Å². The van der Waals surface area contributed by atoms with Crippen LogP contribution in [0.4, 0.5) is 5.82 Å². The fraction of sp³-hybridized carbons (Fsp3) is 0.0588. The second kappa shape index (κ2) is 5.61. The number of nitrogens with one attached hydrogen (secondary N) is 1. The van der Waals surface area contributed by atoms with E-state index in [1.165, 1.54) is 15.6 Å². The zero-order valence-corrected chi connectivity index (χ0v) is 12.6. The van der Waals surface area contributed by atoms with Crippen LogP contribution in [0.2, 0.25) is 0 Å². The van der Waals surface area contributed by atoms with Crippen molar-refractivity contribution in [3.63, 3.8) is 0 Å². The number of fused-ring (bicyclic) bond motifs is 1. The van der Waals surface area contributed by atoms with Crippen LogP contribution < -0.4 is 5.32 Å². The van der Waals surface area contributed by atoms with Gasteiger partial charge in [0.15, 0.2) is 0 Å². The third-order valence-electron chi connectivity index (χ3n) is 3.52. The van der Waals surface area contributed by atoms with E-state index >= 15 is 0 Å². The van der Waals surface area contributed by atoms with Crippen molar-refractivity contribution >= 4 is 27.2 Å². The molecule has 4 aromatic rings. The summed E-state index contributed by atoms with van der Waals surface area (Å²) in [6.45, 7) is 0.768. The van der Waals surface area contributed by atoms with E-state index in [-0.39, 0.29) is 0 Å². The smallest absolute Gasteiger partial charge is 0.140 e. The second-order valence-corrected chi connectivity index (χ2v) is 5.87. The van der Waals surface area contributed by atoms with Crippen LogP contribution in [0.5, 0.6) is 0 Å². The highest BCUT2D eigenvalue weighted by Crippen LogP contribution is 2.26. The molecule has 0 unspecified atom stereocenters. The third kappa shape index (κ3) is 2.46. The molecule has 0 aliphatic carbocycles. The van der Waals surface area contributed by atoms with Crippen molar-refractivity contribution in [2.75, 3.05) is 5.32 Å². The first-order valence-corrected chi connectivity index (χ1v) is 7.92. The van der Waals surface area contributed by atoms with Gasteiger partial charge in [-0.15, -0.1) is 11.3 Å². The zero-order chi connectivity index (χ0) is 14.8. The maximum atomic E-state index is 4.61. The Hall–Kier alpha value is -2.66. The van der Waals surface area contributed by atoms with E-state index in [0.29, 0.717) is 0 Å². The summed E-state index contributed by atoms with van der Waals surface area (Å²) in [5.41, 5.74) is 1.30. The van der Waals surface area contributed by atoms with E-state index in [2.05, 4.69) is 44.9 Å². The van der Waals surface area contributed by atoms with Crippen LogP contribution in [0.1, 0.15) is 5.56 Å². The quantitative estimate of drug-likeness (QED) is 0.617. The maximum Gasteiger partial charge on any atom is 0.140 e. The summed E-state index contributed by atoms with van der Waals surface area (Å²) >= 11 is 1.78. The highest BCUT2D eigenvalue weighted by atomic mass is 32.1. The van der Waals surface area contributed by atoms with Gasteiger partial charge in [-0.2, -0.15) is 0 Å². The van der Waals surface area contributed by atoms with E-state index in [1.807, 2.05) is 29.0 Å². The summed E-state index contributed by atoms with van der Waals surface area (Å²) in [7, 11) is 0. The average molecular weight is 306 g/mol. The standard InChI is InChI=1S/C17H14N4S/c1-2-5-15-14(4-1)13(11-22-15)10-19-16-6-3-7-17(20-16)21-9-8-18-12-21/h1-9,11-12H,10H2,(H,19,20). The Morgan fingerprint density at radius 1 is 1.09 bits per heavy atom. The van der Waals surface area contributed by atoms with E-state index in [4.69, 9.17) is 0 Å². The van der Waals surface area contributed by atoms with Gasteiger partial charge in [-0.3, -0.25) is 4.57 Å². The Bertz CT molecular complexity index is 896. The molecule has 1 aromatic carbocycles. The number of rotatable bonds is 4. The Labute approximate surface area is 132 Å². The molecule has 4 rings (SSSR count). The van der Waals surface area contributed by atoms with Crippen LogP contribution in [-0.2, 0) is 6.54 Å². The third-order valence-corrected chi connectivity index (χ3v) is 4.54. The summed E-state index contributed by atoms with van der Waals surface area (Å²) in [5.74, 6) is 1.72. The molecule has 4 nitrogen and oxygen atoms in total. The number of benzene rings is 1. The monoisotopic (exact) mass is 306 g/mol. The molecule has 3 aromatic heterocycles. The summed E-state index contributed by atoms with van der Waals surface area (Å²) in [5, 5.41) is 6.92. The lowest BCUT2D eigenvalue weighted by atomic mass is 10.2. The van der Waals surface area contributed by atoms with Crippen molar-refractivity contribution in [2.45, 2.75) is 6.54 Å². The number of imidazole rings is 1. The summed E-state index contributed by atoms with van der Waals surface area (Å²) in [6, 6.07) is 14.4. The minimum Gasteiger partial charge on any atom is -0.366 e. The van der Waals surface area contributed by atoms with Gasteiger partial charge in [0.2, 0.25) is 0 Å². The van der Waals surface area contributed by atoms with Crippen LogP contribution in [0.3, 0.4) is 0 Å². The molecule has 0 aliphatic heterocycles. The summed E-state index contributed by atoms with van der Waals surface area (Å²) in [6.07, 6.45) is 5.39. The van der Waals surface area contributed by atoms with Gasteiger partial charge >= 0.3 is 0 Å². The van der Waals surface area contributed by atoms with Gasteiger partial charge in [-0.25, -0.2) is 9.97 Å². The SMILES string of the molecule is c1cc(NCc2csc3ccccc23)nc(-n2ccnc2)c1. The van der Waals surface area contributed by atoms with Gasteiger partial charge in [0.05, 0.1) is 0 Å². The molecule has 108 valence electrons. The molecule has 1 N–H and O–H groups in total. The molecule has 0 spiro atoms. The van der Waals surface area contributed by atoms with Crippen LogP contribution >= 0.6 is 11.3 Å². The largest absolute Gasteiger partial charge is 0.366 e. The Morgan fingerprint density at radius 2 is 2.05 bits per heavy atom. The first-order valence-electron chi connectivity index (χ1n) is 7.04. The van der Waals surface area contributed by atoms with Gasteiger partial charge in [0.25, 0.3) is 0 Å². The normalized spacial score (nSPS) is 10.9. The number of anilines is 1. The number of hydrogen-bond acceptors (Lipinski definition) is 4. The van der Waals surface area contributed by atoms with Gasteiger partial charge in [-0.1, -0.05) is 24.3 Å². The van der Waals surface area contributed by atoms with Gasteiger partial charge in [-0.05, 0) is 34.5 Å². The Kier molecular flexibility index (Phi) is 3.33. The molecule has 0 saturated heterocycles. The fourth-order valence-electron chi connectivity index (χ4n) is 2.42. The van der Waals surface area contributed by atoms with Gasteiger partial charge in [0.1, 0.15) is 18.0 Å². The lowest BCUT2D eigenvalue weighted by molar-refractivity contribution is 0.986. The predicted molar refractivity (Wildman–Crippen MR) is 90.5 cm³/mol. The lowest BCUT2D eigenvalue weighted by Gasteiger charge is -2.07.